The number of anilines is 2. The summed E-state index contributed by atoms with van der Waals surface area (Å²) in [5.41, 5.74) is 7.40. The van der Waals surface area contributed by atoms with Gasteiger partial charge in [0.05, 0.1) is 18.1 Å². The van der Waals surface area contributed by atoms with Gasteiger partial charge in [-0.2, -0.15) is 0 Å². The Bertz CT molecular complexity index is 979. The number of rotatable bonds is 7. The first kappa shape index (κ1) is 25.9. The zero-order valence-corrected chi connectivity index (χ0v) is 20.2. The fourth-order valence-corrected chi connectivity index (χ4v) is 4.78. The first-order valence-corrected chi connectivity index (χ1v) is 11.1. The number of benzene rings is 1. The second kappa shape index (κ2) is 11.5. The van der Waals surface area contributed by atoms with E-state index < -0.39 is 11.9 Å². The monoisotopic (exact) mass is 500 g/mol. The van der Waals surface area contributed by atoms with Gasteiger partial charge in [-0.15, -0.1) is 23.7 Å². The molecule has 1 aromatic heterocycles. The van der Waals surface area contributed by atoms with Crippen LogP contribution in [-0.2, 0) is 22.5 Å². The number of fused-ring (bicyclic) bond motifs is 1. The molecule has 0 fully saturated rings. The van der Waals surface area contributed by atoms with Crippen LogP contribution in [0.5, 0.6) is 0 Å². The second-order valence-corrected chi connectivity index (χ2v) is 9.01. The largest absolute Gasteiger partial charge is 0.463 e. The summed E-state index contributed by atoms with van der Waals surface area (Å²) in [6.07, 6.45) is 0.781. The number of carbonyl (C=O) groups excluding carboxylic acids is 3. The van der Waals surface area contributed by atoms with Crippen molar-refractivity contribution in [2.75, 3.05) is 23.7 Å². The maximum Gasteiger partial charge on any atom is 0.324 e. The molecule has 3 amide bonds. The molecule has 2 aromatic rings. The molecule has 0 atom stereocenters. The third-order valence-corrected chi connectivity index (χ3v) is 6.09. The van der Waals surface area contributed by atoms with Gasteiger partial charge in [0.15, 0.2) is 0 Å². The molecule has 0 aliphatic carbocycles. The van der Waals surface area contributed by atoms with Gasteiger partial charge in [0.2, 0.25) is 0 Å². The molecule has 2 heterocycles. The maximum absolute atomic E-state index is 12.4. The summed E-state index contributed by atoms with van der Waals surface area (Å²) >= 11 is 7.19. The minimum absolute atomic E-state index is 0. The summed E-state index contributed by atoms with van der Waals surface area (Å²) in [6, 6.07) is 6.22. The van der Waals surface area contributed by atoms with Gasteiger partial charge in [-0.1, -0.05) is 11.6 Å². The first-order chi connectivity index (χ1) is 14.7. The highest BCUT2D eigenvalue weighted by Crippen LogP contribution is 2.37. The standard InChI is InChI=1S/C21H25ClN4O4S.ClH/c1-12(2)30-17(27)8-10-26-9-7-15-16(11-26)31-20(18(15)19(23)28)25-21(29)24-14-5-3-13(22)4-6-14;/h3-6,12H,7-11H2,1-2H3,(H2,23,28)(H2,24,25,29);1H. The van der Waals surface area contributed by atoms with E-state index >= 15 is 0 Å². The van der Waals surface area contributed by atoms with Crippen LogP contribution in [0.2, 0.25) is 5.02 Å². The van der Waals surface area contributed by atoms with Crippen LogP contribution >= 0.6 is 35.3 Å². The van der Waals surface area contributed by atoms with Crippen LogP contribution in [0.3, 0.4) is 0 Å². The van der Waals surface area contributed by atoms with Crippen molar-refractivity contribution in [3.8, 4) is 0 Å². The fraction of sp³-hybridized carbons (Fsp3) is 0.381. The molecule has 32 heavy (non-hydrogen) atoms. The third kappa shape index (κ3) is 6.83. The SMILES string of the molecule is CC(C)OC(=O)CCN1CCc2c(sc(NC(=O)Nc3ccc(Cl)cc3)c2C(N)=O)C1.Cl. The Labute approximate surface area is 201 Å². The van der Waals surface area contributed by atoms with Crippen LogP contribution in [0.15, 0.2) is 24.3 Å². The number of hydrogen-bond acceptors (Lipinski definition) is 6. The molecular weight excluding hydrogens is 475 g/mol. The lowest BCUT2D eigenvalue weighted by Crippen LogP contribution is -2.33. The minimum atomic E-state index is -0.576. The number of nitrogens with two attached hydrogens (primary N) is 1. The minimum Gasteiger partial charge on any atom is -0.463 e. The molecule has 8 nitrogen and oxygen atoms in total. The smallest absolute Gasteiger partial charge is 0.324 e. The molecule has 4 N–H and O–H groups in total. The van der Waals surface area contributed by atoms with Crippen molar-refractivity contribution in [3.63, 3.8) is 0 Å². The van der Waals surface area contributed by atoms with Crippen LogP contribution in [0.4, 0.5) is 15.5 Å². The van der Waals surface area contributed by atoms with Crippen molar-refractivity contribution in [1.82, 2.24) is 4.90 Å². The van der Waals surface area contributed by atoms with E-state index in [1.807, 2.05) is 13.8 Å². The number of halogens is 2. The Balaban J connectivity index is 0.00000363. The number of ether oxygens (including phenoxy) is 1. The van der Waals surface area contributed by atoms with Crippen molar-refractivity contribution in [1.29, 1.82) is 0 Å². The van der Waals surface area contributed by atoms with E-state index in [0.717, 1.165) is 10.4 Å². The number of urea groups is 1. The number of hydrogen-bond donors (Lipinski definition) is 3. The predicted octanol–water partition coefficient (Wildman–Crippen LogP) is 4.27. The first-order valence-electron chi connectivity index (χ1n) is 9.92. The summed E-state index contributed by atoms with van der Waals surface area (Å²) in [7, 11) is 0. The van der Waals surface area contributed by atoms with Crippen LogP contribution in [-0.4, -0.2) is 42.0 Å². The van der Waals surface area contributed by atoms with Gasteiger partial charge in [0.25, 0.3) is 5.91 Å². The normalized spacial score (nSPS) is 13.1. The molecule has 1 aliphatic rings. The summed E-state index contributed by atoms with van der Waals surface area (Å²) < 4.78 is 5.18. The number of amides is 3. The third-order valence-electron chi connectivity index (χ3n) is 4.71. The average Bonchev–Trinajstić information content (AvgIpc) is 3.04. The molecule has 0 saturated heterocycles. The van der Waals surface area contributed by atoms with E-state index in [1.165, 1.54) is 11.3 Å². The van der Waals surface area contributed by atoms with Crippen LogP contribution in [0.1, 0.15) is 41.1 Å². The maximum atomic E-state index is 12.4. The van der Waals surface area contributed by atoms with Crippen molar-refractivity contribution in [2.45, 2.75) is 39.3 Å². The van der Waals surface area contributed by atoms with Gasteiger partial charge in [0.1, 0.15) is 5.00 Å². The number of thiophene rings is 1. The topological polar surface area (TPSA) is 114 Å². The Morgan fingerprint density at radius 2 is 1.91 bits per heavy atom. The lowest BCUT2D eigenvalue weighted by molar-refractivity contribution is -0.147. The van der Waals surface area contributed by atoms with Crippen molar-refractivity contribution in [2.24, 2.45) is 5.73 Å². The molecule has 1 aliphatic heterocycles. The van der Waals surface area contributed by atoms with Crippen molar-refractivity contribution < 1.29 is 19.1 Å². The molecule has 0 saturated carbocycles. The highest BCUT2D eigenvalue weighted by molar-refractivity contribution is 7.17. The number of esters is 1. The summed E-state index contributed by atoms with van der Waals surface area (Å²) in [5, 5.41) is 6.43. The van der Waals surface area contributed by atoms with E-state index in [1.54, 1.807) is 24.3 Å². The highest BCUT2D eigenvalue weighted by atomic mass is 35.5. The van der Waals surface area contributed by atoms with E-state index in [2.05, 4.69) is 15.5 Å². The second-order valence-electron chi connectivity index (χ2n) is 7.47. The van der Waals surface area contributed by atoms with E-state index in [9.17, 15) is 14.4 Å². The lowest BCUT2D eigenvalue weighted by Gasteiger charge is -2.26. The zero-order valence-electron chi connectivity index (χ0n) is 17.8. The van der Waals surface area contributed by atoms with Gasteiger partial charge < -0.3 is 15.8 Å². The number of primary amides is 1. The lowest BCUT2D eigenvalue weighted by atomic mass is 10.0. The molecule has 1 aromatic carbocycles. The summed E-state index contributed by atoms with van der Waals surface area (Å²) in [4.78, 5) is 39.4. The predicted molar refractivity (Wildman–Crippen MR) is 129 cm³/mol. The van der Waals surface area contributed by atoms with Gasteiger partial charge in [0, 0.05) is 35.2 Å². The fourth-order valence-electron chi connectivity index (χ4n) is 3.37. The van der Waals surface area contributed by atoms with Gasteiger partial charge >= 0.3 is 12.0 Å². The Hall–Kier alpha value is -2.33. The summed E-state index contributed by atoms with van der Waals surface area (Å²) in [5.74, 6) is -0.806. The number of nitrogens with zero attached hydrogens (tertiary/aromatic N) is 1. The molecule has 0 spiro atoms. The number of carbonyl (C=O) groups is 3. The highest BCUT2D eigenvalue weighted by Gasteiger charge is 2.28. The molecule has 174 valence electrons. The molecule has 3 rings (SSSR count). The molecular formula is C21H26Cl2N4O4S. The Morgan fingerprint density at radius 3 is 2.53 bits per heavy atom. The Morgan fingerprint density at radius 1 is 1.22 bits per heavy atom. The van der Waals surface area contributed by atoms with E-state index in [4.69, 9.17) is 22.1 Å². The Kier molecular flexibility index (Phi) is 9.33. The molecule has 0 bridgehead atoms. The zero-order chi connectivity index (χ0) is 22.5. The van der Waals surface area contributed by atoms with Gasteiger partial charge in [-0.3, -0.25) is 19.8 Å². The van der Waals surface area contributed by atoms with Gasteiger partial charge in [-0.05, 0) is 50.1 Å². The van der Waals surface area contributed by atoms with Crippen molar-refractivity contribution >= 4 is 63.9 Å². The van der Waals surface area contributed by atoms with Gasteiger partial charge in [-0.25, -0.2) is 4.79 Å². The van der Waals surface area contributed by atoms with E-state index in [-0.39, 0.29) is 24.5 Å². The van der Waals surface area contributed by atoms with Crippen LogP contribution < -0.4 is 16.4 Å². The van der Waals surface area contributed by atoms with Crippen LogP contribution in [0.25, 0.3) is 0 Å². The van der Waals surface area contributed by atoms with E-state index in [0.29, 0.717) is 53.8 Å². The quantitative estimate of drug-likeness (QED) is 0.491. The number of nitrogens with one attached hydrogen (secondary N) is 2. The molecule has 0 unspecified atom stereocenters. The molecule has 0 radical (unpaired) electrons. The summed E-state index contributed by atoms with van der Waals surface area (Å²) in [6.45, 7) is 5.47. The average molecular weight is 501 g/mol. The van der Waals surface area contributed by atoms with Crippen LogP contribution in [0, 0.1) is 0 Å². The van der Waals surface area contributed by atoms with Crippen molar-refractivity contribution in [3.05, 3.63) is 45.3 Å². The molecule has 11 heteroatoms.